The Labute approximate surface area is 83.9 Å². The Hall–Kier alpha value is -1.32. The summed E-state index contributed by atoms with van der Waals surface area (Å²) >= 11 is 0. The molecule has 14 heavy (non-hydrogen) atoms. The minimum Gasteiger partial charge on any atom is -0.466 e. The van der Waals surface area contributed by atoms with Gasteiger partial charge in [-0.05, 0) is 12.8 Å². The van der Waals surface area contributed by atoms with Gasteiger partial charge in [-0.3, -0.25) is 0 Å². The Morgan fingerprint density at radius 3 is 2.07 bits per heavy atom. The largest absolute Gasteiger partial charge is 0.466 e. The minimum atomic E-state index is -0.563. The molecule has 4 nitrogen and oxygen atoms in total. The maximum absolute atomic E-state index is 11.1. The van der Waals surface area contributed by atoms with Gasteiger partial charge in [0.25, 0.3) is 0 Å². The zero-order chi connectivity index (χ0) is 11.0. The molecule has 0 aliphatic heterocycles. The van der Waals surface area contributed by atoms with Crippen LogP contribution in [0.15, 0.2) is 12.2 Å². The second-order valence-corrected chi connectivity index (χ2v) is 2.73. The molecule has 0 bridgehead atoms. The number of esters is 2. The monoisotopic (exact) mass is 200 g/mol. The summed E-state index contributed by atoms with van der Waals surface area (Å²) in [5.41, 5.74) is 0. The van der Waals surface area contributed by atoms with Crippen LogP contribution in [0.3, 0.4) is 0 Å². The van der Waals surface area contributed by atoms with Crippen LogP contribution in [0.2, 0.25) is 0 Å². The highest BCUT2D eigenvalue weighted by atomic mass is 16.5. The van der Waals surface area contributed by atoms with E-state index in [-0.39, 0.29) is 6.10 Å². The third kappa shape index (κ3) is 5.35. The van der Waals surface area contributed by atoms with E-state index in [9.17, 15) is 9.59 Å². The van der Waals surface area contributed by atoms with Gasteiger partial charge in [0, 0.05) is 12.2 Å². The number of carbonyl (C=O) groups is 2. The van der Waals surface area contributed by atoms with Crippen LogP contribution in [-0.2, 0) is 19.1 Å². The fourth-order valence-electron chi connectivity index (χ4n) is 0.863. The minimum absolute atomic E-state index is 0.0789. The van der Waals surface area contributed by atoms with Crippen molar-refractivity contribution in [3.63, 3.8) is 0 Å². The molecule has 4 heteroatoms. The summed E-state index contributed by atoms with van der Waals surface area (Å²) in [4.78, 5) is 21.7. The van der Waals surface area contributed by atoms with Crippen molar-refractivity contribution in [2.75, 3.05) is 7.11 Å². The molecule has 0 aromatic carbocycles. The number of carbonyl (C=O) groups excluding carboxylic acids is 2. The zero-order valence-electron chi connectivity index (χ0n) is 8.78. The van der Waals surface area contributed by atoms with Crippen molar-refractivity contribution in [1.29, 1.82) is 0 Å². The summed E-state index contributed by atoms with van der Waals surface area (Å²) in [6, 6.07) is 0. The van der Waals surface area contributed by atoms with Gasteiger partial charge < -0.3 is 9.47 Å². The van der Waals surface area contributed by atoms with Gasteiger partial charge in [-0.15, -0.1) is 0 Å². The lowest BCUT2D eigenvalue weighted by Gasteiger charge is -2.11. The van der Waals surface area contributed by atoms with Crippen molar-refractivity contribution in [1.82, 2.24) is 0 Å². The van der Waals surface area contributed by atoms with Crippen LogP contribution in [0.4, 0.5) is 0 Å². The predicted molar refractivity (Wildman–Crippen MR) is 51.6 cm³/mol. The molecule has 0 heterocycles. The van der Waals surface area contributed by atoms with E-state index in [0.717, 1.165) is 25.0 Å². The van der Waals surface area contributed by atoms with Gasteiger partial charge >= 0.3 is 11.9 Å². The first-order valence-electron chi connectivity index (χ1n) is 4.60. The normalized spacial score (nSPS) is 10.6. The highest BCUT2D eigenvalue weighted by molar-refractivity contribution is 5.91. The molecule has 0 fully saturated rings. The summed E-state index contributed by atoms with van der Waals surface area (Å²) in [6.45, 7) is 3.87. The third-order valence-electron chi connectivity index (χ3n) is 1.75. The lowest BCUT2D eigenvalue weighted by molar-refractivity contribution is -0.144. The molecule has 0 rings (SSSR count). The van der Waals surface area contributed by atoms with Gasteiger partial charge in [0.1, 0.15) is 6.10 Å². The highest BCUT2D eigenvalue weighted by Crippen LogP contribution is 2.03. The van der Waals surface area contributed by atoms with Gasteiger partial charge in [-0.1, -0.05) is 13.8 Å². The molecule has 0 unspecified atom stereocenters. The van der Waals surface area contributed by atoms with Crippen LogP contribution >= 0.6 is 0 Å². The van der Waals surface area contributed by atoms with Crippen LogP contribution in [-0.4, -0.2) is 25.2 Å². The van der Waals surface area contributed by atoms with Gasteiger partial charge in [0.15, 0.2) is 0 Å². The van der Waals surface area contributed by atoms with Crippen molar-refractivity contribution in [2.24, 2.45) is 0 Å². The van der Waals surface area contributed by atoms with E-state index in [1.807, 2.05) is 13.8 Å². The molecular weight excluding hydrogens is 184 g/mol. The Kier molecular flexibility index (Phi) is 6.45. The van der Waals surface area contributed by atoms with E-state index in [1.54, 1.807) is 0 Å². The molecule has 0 saturated carbocycles. The van der Waals surface area contributed by atoms with Gasteiger partial charge in [0.05, 0.1) is 7.11 Å². The van der Waals surface area contributed by atoms with E-state index < -0.39 is 11.9 Å². The predicted octanol–water partition coefficient (Wildman–Crippen LogP) is 1.45. The first-order chi connectivity index (χ1) is 6.63. The average molecular weight is 200 g/mol. The van der Waals surface area contributed by atoms with E-state index in [0.29, 0.717) is 0 Å². The summed E-state index contributed by atoms with van der Waals surface area (Å²) < 4.78 is 9.33. The topological polar surface area (TPSA) is 52.6 Å². The van der Waals surface area contributed by atoms with Gasteiger partial charge in [0.2, 0.25) is 0 Å². The number of hydrogen-bond donors (Lipinski definition) is 0. The molecule has 0 saturated heterocycles. The van der Waals surface area contributed by atoms with E-state index in [2.05, 4.69) is 4.74 Å². The maximum Gasteiger partial charge on any atom is 0.331 e. The second kappa shape index (κ2) is 7.12. The summed E-state index contributed by atoms with van der Waals surface area (Å²) in [5, 5.41) is 0. The van der Waals surface area contributed by atoms with E-state index in [4.69, 9.17) is 4.74 Å². The van der Waals surface area contributed by atoms with Gasteiger partial charge in [-0.25, -0.2) is 9.59 Å². The van der Waals surface area contributed by atoms with Crippen molar-refractivity contribution >= 4 is 11.9 Å². The first-order valence-corrected chi connectivity index (χ1v) is 4.60. The van der Waals surface area contributed by atoms with Crippen LogP contribution in [0.25, 0.3) is 0 Å². The molecule has 0 aromatic rings. The van der Waals surface area contributed by atoms with Crippen molar-refractivity contribution < 1.29 is 19.1 Å². The average Bonchev–Trinajstić information content (AvgIpc) is 2.22. The SMILES string of the molecule is CCC(CC)OC(=O)/C=C/C(=O)OC. The number of hydrogen-bond acceptors (Lipinski definition) is 4. The Bertz CT molecular complexity index is 216. The standard InChI is InChI=1S/C10H16O4/c1-4-8(5-2)14-10(12)7-6-9(11)13-3/h6-8H,4-5H2,1-3H3/b7-6+. The van der Waals surface area contributed by atoms with Crippen molar-refractivity contribution in [2.45, 2.75) is 32.8 Å². The van der Waals surface area contributed by atoms with Crippen LogP contribution < -0.4 is 0 Å². The van der Waals surface area contributed by atoms with E-state index >= 15 is 0 Å². The van der Waals surface area contributed by atoms with Crippen LogP contribution in [0.5, 0.6) is 0 Å². The lowest BCUT2D eigenvalue weighted by Crippen LogP contribution is -2.14. The summed E-state index contributed by atoms with van der Waals surface area (Å²) in [6.07, 6.45) is 3.59. The van der Waals surface area contributed by atoms with Crippen LogP contribution in [0, 0.1) is 0 Å². The highest BCUT2D eigenvalue weighted by Gasteiger charge is 2.07. The van der Waals surface area contributed by atoms with Crippen molar-refractivity contribution in [3.05, 3.63) is 12.2 Å². The van der Waals surface area contributed by atoms with E-state index in [1.165, 1.54) is 7.11 Å². The van der Waals surface area contributed by atoms with Crippen LogP contribution in [0.1, 0.15) is 26.7 Å². The molecule has 0 spiro atoms. The zero-order valence-corrected chi connectivity index (χ0v) is 8.78. The number of ether oxygens (including phenoxy) is 2. The molecule has 0 aliphatic carbocycles. The molecule has 0 radical (unpaired) electrons. The maximum atomic E-state index is 11.1. The summed E-state index contributed by atoms with van der Waals surface area (Å²) in [7, 11) is 1.25. The summed E-state index contributed by atoms with van der Waals surface area (Å²) in [5.74, 6) is -1.07. The fraction of sp³-hybridized carbons (Fsp3) is 0.600. The molecule has 80 valence electrons. The first kappa shape index (κ1) is 12.7. The Balaban J connectivity index is 3.97. The molecule has 0 N–H and O–H groups in total. The second-order valence-electron chi connectivity index (χ2n) is 2.73. The van der Waals surface area contributed by atoms with Crippen molar-refractivity contribution in [3.8, 4) is 0 Å². The fourth-order valence-corrected chi connectivity index (χ4v) is 0.863. The molecule has 0 aromatic heterocycles. The molecule has 0 aliphatic rings. The Morgan fingerprint density at radius 2 is 1.64 bits per heavy atom. The quantitative estimate of drug-likeness (QED) is 0.498. The smallest absolute Gasteiger partial charge is 0.331 e. The Morgan fingerprint density at radius 1 is 1.14 bits per heavy atom. The number of rotatable bonds is 5. The third-order valence-corrected chi connectivity index (χ3v) is 1.75. The van der Waals surface area contributed by atoms with Gasteiger partial charge in [-0.2, -0.15) is 0 Å². The number of methoxy groups -OCH3 is 1. The lowest BCUT2D eigenvalue weighted by atomic mass is 10.2. The molecule has 0 atom stereocenters. The molecule has 0 amide bonds. The molecular formula is C10H16O4.